The Morgan fingerprint density at radius 2 is 0.897 bits per heavy atom. The Balaban J connectivity index is 1.61. The van der Waals surface area contributed by atoms with Crippen molar-refractivity contribution < 1.29 is 14.4 Å². The van der Waals surface area contributed by atoms with E-state index in [-0.39, 0.29) is 29.4 Å². The van der Waals surface area contributed by atoms with E-state index in [0.717, 1.165) is 0 Å². The van der Waals surface area contributed by atoms with Crippen LogP contribution in [0.15, 0.2) is 72.8 Å². The maximum atomic E-state index is 12.0. The summed E-state index contributed by atoms with van der Waals surface area (Å²) in [6.07, 6.45) is 6.05. The van der Waals surface area contributed by atoms with Gasteiger partial charge in [0.05, 0.1) is 0 Å². The molecule has 3 aromatic carbocycles. The third-order valence-corrected chi connectivity index (χ3v) is 5.74. The second-order valence-corrected chi connectivity index (χ2v) is 8.44. The Kier molecular flexibility index (Phi) is 8.39. The number of carbonyl (C=O) groups is 3. The number of ketones is 3. The maximum absolute atomic E-state index is 12.0. The zero-order chi connectivity index (χ0) is 27.8. The van der Waals surface area contributed by atoms with Crippen molar-refractivity contribution in [1.82, 2.24) is 15.0 Å². The first-order valence-corrected chi connectivity index (χ1v) is 12.3. The Morgan fingerprint density at radius 3 is 1.18 bits per heavy atom. The topological polar surface area (TPSA) is 126 Å². The van der Waals surface area contributed by atoms with Gasteiger partial charge in [0.15, 0.2) is 11.6 Å². The first-order chi connectivity index (χ1) is 18.9. The number of aromatic nitrogens is 3. The van der Waals surface area contributed by atoms with E-state index in [1.807, 2.05) is 13.8 Å². The molecule has 0 radical (unpaired) electrons. The highest BCUT2D eigenvalue weighted by atomic mass is 16.1. The van der Waals surface area contributed by atoms with Crippen LogP contribution in [0.3, 0.4) is 0 Å². The molecule has 0 bridgehead atoms. The van der Waals surface area contributed by atoms with Crippen LogP contribution in [-0.4, -0.2) is 32.3 Å². The zero-order valence-electron chi connectivity index (χ0n) is 21.5. The molecule has 0 aliphatic carbocycles. The van der Waals surface area contributed by atoms with Crippen molar-refractivity contribution in [3.8, 4) is 12.3 Å². The van der Waals surface area contributed by atoms with Gasteiger partial charge in [-0.05, 0) is 78.7 Å². The molecular weight excluding hydrogens is 492 g/mol. The number of anilines is 6. The zero-order valence-corrected chi connectivity index (χ0v) is 21.5. The molecule has 1 heterocycles. The Bertz CT molecular complexity index is 1460. The minimum Gasteiger partial charge on any atom is -0.324 e. The third-order valence-electron chi connectivity index (χ3n) is 5.74. The second-order valence-electron chi connectivity index (χ2n) is 8.44. The van der Waals surface area contributed by atoms with Gasteiger partial charge in [0.2, 0.25) is 23.6 Å². The molecule has 0 spiro atoms. The lowest BCUT2D eigenvalue weighted by Crippen LogP contribution is -2.08. The predicted molar refractivity (Wildman–Crippen MR) is 151 cm³/mol. The van der Waals surface area contributed by atoms with E-state index in [4.69, 9.17) is 6.42 Å². The number of benzene rings is 3. The van der Waals surface area contributed by atoms with Gasteiger partial charge in [-0.25, -0.2) is 0 Å². The van der Waals surface area contributed by atoms with E-state index in [9.17, 15) is 14.4 Å². The van der Waals surface area contributed by atoms with E-state index < -0.39 is 5.78 Å². The fourth-order valence-corrected chi connectivity index (χ4v) is 3.61. The van der Waals surface area contributed by atoms with Crippen LogP contribution in [0.2, 0.25) is 0 Å². The lowest BCUT2D eigenvalue weighted by Gasteiger charge is -2.12. The summed E-state index contributed by atoms with van der Waals surface area (Å²) in [6.45, 7) is 3.64. The van der Waals surface area contributed by atoms with E-state index in [2.05, 4.69) is 36.8 Å². The van der Waals surface area contributed by atoms with Crippen LogP contribution in [0.5, 0.6) is 0 Å². The number of carbonyl (C=O) groups excluding carboxylic acids is 3. The van der Waals surface area contributed by atoms with Gasteiger partial charge in [-0.15, -0.1) is 6.42 Å². The first-order valence-electron chi connectivity index (χ1n) is 12.3. The number of nitrogens with zero attached hydrogens (tertiary/aromatic N) is 3. The SMILES string of the molecule is C#CC(=O)c1ccc(Nc2nc(Nc3ccc(C(=O)CC)cc3)nc(Nc3ccc(C(=O)CC)cc3)n2)cc1. The molecule has 0 saturated heterocycles. The molecule has 0 fully saturated rings. The van der Waals surface area contributed by atoms with Crippen LogP contribution in [0.4, 0.5) is 34.9 Å². The highest BCUT2D eigenvalue weighted by Gasteiger charge is 2.11. The van der Waals surface area contributed by atoms with Crippen LogP contribution < -0.4 is 16.0 Å². The number of hydrogen-bond acceptors (Lipinski definition) is 9. The molecule has 194 valence electrons. The summed E-state index contributed by atoms with van der Waals surface area (Å²) in [6, 6.07) is 20.7. The monoisotopic (exact) mass is 518 g/mol. The van der Waals surface area contributed by atoms with E-state index in [0.29, 0.717) is 46.6 Å². The van der Waals surface area contributed by atoms with Gasteiger partial charge in [0, 0.05) is 46.6 Å². The average Bonchev–Trinajstić information content (AvgIpc) is 2.97. The molecule has 0 aliphatic heterocycles. The van der Waals surface area contributed by atoms with Gasteiger partial charge in [0.25, 0.3) is 0 Å². The molecule has 9 heteroatoms. The summed E-state index contributed by atoms with van der Waals surface area (Å²) in [5.41, 5.74) is 3.66. The van der Waals surface area contributed by atoms with Crippen molar-refractivity contribution in [2.24, 2.45) is 0 Å². The summed E-state index contributed by atoms with van der Waals surface area (Å²) in [5.74, 6) is 2.54. The number of Topliss-reactive ketones (excluding diaryl/α,β-unsaturated/α-hetero) is 3. The van der Waals surface area contributed by atoms with Gasteiger partial charge in [-0.1, -0.05) is 13.8 Å². The molecule has 0 atom stereocenters. The van der Waals surface area contributed by atoms with Gasteiger partial charge in [0.1, 0.15) is 0 Å². The number of nitrogens with one attached hydrogen (secondary N) is 3. The summed E-state index contributed by atoms with van der Waals surface area (Å²) in [4.78, 5) is 49.0. The first kappa shape index (κ1) is 26.7. The van der Waals surface area contributed by atoms with E-state index in [1.54, 1.807) is 72.8 Å². The molecule has 0 saturated carbocycles. The van der Waals surface area contributed by atoms with Crippen LogP contribution in [0.1, 0.15) is 57.8 Å². The van der Waals surface area contributed by atoms with Crippen molar-refractivity contribution in [2.75, 3.05) is 16.0 Å². The average molecular weight is 519 g/mol. The molecular formula is C30H26N6O3. The summed E-state index contributed by atoms with van der Waals surface area (Å²) in [5, 5.41) is 9.39. The van der Waals surface area contributed by atoms with E-state index in [1.165, 1.54) is 0 Å². The molecule has 0 amide bonds. The molecule has 4 aromatic rings. The summed E-state index contributed by atoms with van der Waals surface area (Å²) >= 11 is 0. The lowest BCUT2D eigenvalue weighted by molar-refractivity contribution is 0.0980. The molecule has 9 nitrogen and oxygen atoms in total. The normalized spacial score (nSPS) is 10.3. The lowest BCUT2D eigenvalue weighted by atomic mass is 10.1. The fraction of sp³-hybridized carbons (Fsp3) is 0.133. The second kappa shape index (κ2) is 12.3. The maximum Gasteiger partial charge on any atom is 0.235 e. The highest BCUT2D eigenvalue weighted by Crippen LogP contribution is 2.22. The van der Waals surface area contributed by atoms with Crippen LogP contribution in [-0.2, 0) is 0 Å². The van der Waals surface area contributed by atoms with Crippen molar-refractivity contribution in [3.05, 3.63) is 89.5 Å². The van der Waals surface area contributed by atoms with Crippen molar-refractivity contribution in [3.63, 3.8) is 0 Å². The summed E-state index contributed by atoms with van der Waals surface area (Å²) in [7, 11) is 0. The fourth-order valence-electron chi connectivity index (χ4n) is 3.61. The van der Waals surface area contributed by atoms with Crippen molar-refractivity contribution in [2.45, 2.75) is 26.7 Å². The highest BCUT2D eigenvalue weighted by molar-refractivity contribution is 6.08. The van der Waals surface area contributed by atoms with Crippen molar-refractivity contribution >= 4 is 52.3 Å². The van der Waals surface area contributed by atoms with Gasteiger partial charge < -0.3 is 16.0 Å². The number of terminal acetylenes is 1. The standard InChI is InChI=1S/C30H26N6O3/c1-4-25(37)19-7-13-22(14-8-19)31-28-34-29(32-23-15-9-20(10-16-23)26(38)5-2)36-30(35-28)33-24-17-11-21(12-18-24)27(39)6-3/h1,7-18H,5-6H2,2-3H3,(H3,31,32,33,34,35,36). The third kappa shape index (κ3) is 6.90. The largest absolute Gasteiger partial charge is 0.324 e. The predicted octanol–water partition coefficient (Wildman–Crippen LogP) is 6.10. The molecule has 0 unspecified atom stereocenters. The van der Waals surface area contributed by atoms with Gasteiger partial charge >= 0.3 is 0 Å². The smallest absolute Gasteiger partial charge is 0.235 e. The molecule has 3 N–H and O–H groups in total. The van der Waals surface area contributed by atoms with E-state index >= 15 is 0 Å². The summed E-state index contributed by atoms with van der Waals surface area (Å²) < 4.78 is 0. The Hall–Kier alpha value is -5.36. The Labute approximate surface area is 226 Å². The van der Waals surface area contributed by atoms with Crippen molar-refractivity contribution in [1.29, 1.82) is 0 Å². The minimum atomic E-state index is -0.405. The molecule has 4 rings (SSSR count). The van der Waals surface area contributed by atoms with Crippen LogP contribution in [0, 0.1) is 12.3 Å². The molecule has 0 aliphatic rings. The minimum absolute atomic E-state index is 0.0568. The van der Waals surface area contributed by atoms with Crippen LogP contribution in [0.25, 0.3) is 0 Å². The quantitative estimate of drug-likeness (QED) is 0.123. The van der Waals surface area contributed by atoms with Gasteiger partial charge in [-0.3, -0.25) is 14.4 Å². The van der Waals surface area contributed by atoms with Crippen LogP contribution >= 0.6 is 0 Å². The number of hydrogen-bond donors (Lipinski definition) is 3. The number of rotatable bonds is 11. The van der Waals surface area contributed by atoms with Gasteiger partial charge in [-0.2, -0.15) is 15.0 Å². The molecule has 39 heavy (non-hydrogen) atoms. The Morgan fingerprint density at radius 1 is 0.590 bits per heavy atom. The molecule has 1 aromatic heterocycles.